The summed E-state index contributed by atoms with van der Waals surface area (Å²) in [5.41, 5.74) is 0.508. The molecule has 0 radical (unpaired) electrons. The number of halogens is 1. The highest BCUT2D eigenvalue weighted by Gasteiger charge is 2.22. The summed E-state index contributed by atoms with van der Waals surface area (Å²) in [5.74, 6) is -0.00170. The van der Waals surface area contributed by atoms with E-state index in [-0.39, 0.29) is 17.9 Å². The molecule has 1 fully saturated rings. The van der Waals surface area contributed by atoms with Crippen molar-refractivity contribution in [2.24, 2.45) is 0 Å². The first-order valence-corrected chi connectivity index (χ1v) is 7.05. The van der Waals surface area contributed by atoms with Gasteiger partial charge in [0.05, 0.1) is 5.56 Å². The number of carbonyl (C=O) groups excluding carboxylic acids is 2. The van der Waals surface area contributed by atoms with Crippen molar-refractivity contribution >= 4 is 27.7 Å². The van der Waals surface area contributed by atoms with Gasteiger partial charge in [-0.1, -0.05) is 0 Å². The highest BCUT2D eigenvalue weighted by Crippen LogP contribution is 2.11. The van der Waals surface area contributed by atoms with Gasteiger partial charge in [-0.2, -0.15) is 0 Å². The number of rotatable bonds is 4. The monoisotopic (exact) mass is 325 g/mol. The minimum atomic E-state index is -0.173. The minimum absolute atomic E-state index is 0.0754. The van der Waals surface area contributed by atoms with E-state index in [4.69, 9.17) is 0 Å². The molecule has 1 aromatic rings. The van der Waals surface area contributed by atoms with E-state index in [9.17, 15) is 9.59 Å². The SMILES string of the molecule is CC(CN1CCCC1=O)NC(=O)c1cncc(Br)c1. The third kappa shape index (κ3) is 3.76. The number of amides is 2. The number of hydrogen-bond acceptors (Lipinski definition) is 3. The molecular formula is C13H16BrN3O2. The van der Waals surface area contributed by atoms with Gasteiger partial charge in [0, 0.05) is 42.4 Å². The number of nitrogens with zero attached hydrogens (tertiary/aromatic N) is 2. The molecule has 1 saturated heterocycles. The number of hydrogen-bond donors (Lipinski definition) is 1. The van der Waals surface area contributed by atoms with Crippen molar-refractivity contribution in [2.45, 2.75) is 25.8 Å². The smallest absolute Gasteiger partial charge is 0.253 e. The van der Waals surface area contributed by atoms with Gasteiger partial charge in [-0.05, 0) is 35.3 Å². The number of aromatic nitrogens is 1. The van der Waals surface area contributed by atoms with Crippen LogP contribution in [-0.4, -0.2) is 40.8 Å². The molecule has 1 N–H and O–H groups in total. The van der Waals surface area contributed by atoms with Gasteiger partial charge in [0.25, 0.3) is 5.91 Å². The summed E-state index contributed by atoms with van der Waals surface area (Å²) in [6.45, 7) is 3.25. The molecule has 1 aromatic heterocycles. The van der Waals surface area contributed by atoms with Gasteiger partial charge in [0.1, 0.15) is 0 Å². The van der Waals surface area contributed by atoms with Crippen molar-refractivity contribution < 1.29 is 9.59 Å². The van der Waals surface area contributed by atoms with Crippen LogP contribution in [0.15, 0.2) is 22.9 Å². The summed E-state index contributed by atoms with van der Waals surface area (Å²) in [7, 11) is 0. The Labute approximate surface area is 120 Å². The van der Waals surface area contributed by atoms with Crippen LogP contribution < -0.4 is 5.32 Å². The molecule has 5 nitrogen and oxygen atoms in total. The molecule has 1 unspecified atom stereocenters. The fourth-order valence-corrected chi connectivity index (χ4v) is 2.48. The average Bonchev–Trinajstić information content (AvgIpc) is 2.75. The van der Waals surface area contributed by atoms with Crippen LogP contribution in [0.2, 0.25) is 0 Å². The number of nitrogens with one attached hydrogen (secondary N) is 1. The van der Waals surface area contributed by atoms with Crippen molar-refractivity contribution in [1.82, 2.24) is 15.2 Å². The van der Waals surface area contributed by atoms with Gasteiger partial charge in [0.2, 0.25) is 5.91 Å². The zero-order chi connectivity index (χ0) is 13.8. The van der Waals surface area contributed by atoms with Crippen LogP contribution in [0.1, 0.15) is 30.1 Å². The van der Waals surface area contributed by atoms with Crippen LogP contribution in [0.5, 0.6) is 0 Å². The molecule has 0 spiro atoms. The Bertz CT molecular complexity index is 493. The van der Waals surface area contributed by atoms with Crippen molar-refractivity contribution in [3.63, 3.8) is 0 Å². The molecule has 1 atom stereocenters. The molecule has 1 aliphatic heterocycles. The largest absolute Gasteiger partial charge is 0.348 e. The first kappa shape index (κ1) is 14.0. The zero-order valence-electron chi connectivity index (χ0n) is 10.7. The lowest BCUT2D eigenvalue weighted by atomic mass is 10.2. The van der Waals surface area contributed by atoms with E-state index in [2.05, 4.69) is 26.2 Å². The summed E-state index contributed by atoms with van der Waals surface area (Å²) < 4.78 is 0.766. The molecule has 0 saturated carbocycles. The molecule has 0 aliphatic carbocycles. The Morgan fingerprint density at radius 1 is 1.58 bits per heavy atom. The summed E-state index contributed by atoms with van der Waals surface area (Å²) >= 11 is 3.28. The second-order valence-corrected chi connectivity index (χ2v) is 5.63. The predicted molar refractivity (Wildman–Crippen MR) is 74.7 cm³/mol. The molecule has 0 aromatic carbocycles. The van der Waals surface area contributed by atoms with Crippen molar-refractivity contribution in [3.8, 4) is 0 Å². The van der Waals surface area contributed by atoms with Gasteiger partial charge in [-0.25, -0.2) is 0 Å². The minimum Gasteiger partial charge on any atom is -0.348 e. The zero-order valence-corrected chi connectivity index (χ0v) is 12.3. The molecular weight excluding hydrogens is 310 g/mol. The fraction of sp³-hybridized carbons (Fsp3) is 0.462. The van der Waals surface area contributed by atoms with Crippen molar-refractivity contribution in [1.29, 1.82) is 0 Å². The lowest BCUT2D eigenvalue weighted by Gasteiger charge is -2.21. The molecule has 0 bridgehead atoms. The number of likely N-dealkylation sites (tertiary alicyclic amines) is 1. The highest BCUT2D eigenvalue weighted by atomic mass is 79.9. The molecule has 1 aliphatic rings. The number of pyridine rings is 1. The van der Waals surface area contributed by atoms with Gasteiger partial charge < -0.3 is 10.2 Å². The van der Waals surface area contributed by atoms with E-state index in [1.54, 1.807) is 17.2 Å². The summed E-state index contributed by atoms with van der Waals surface area (Å²) in [6.07, 6.45) is 4.68. The van der Waals surface area contributed by atoms with E-state index in [1.165, 1.54) is 6.20 Å². The Morgan fingerprint density at radius 3 is 3.00 bits per heavy atom. The van der Waals surface area contributed by atoms with E-state index in [0.29, 0.717) is 18.5 Å². The van der Waals surface area contributed by atoms with Crippen LogP contribution >= 0.6 is 15.9 Å². The van der Waals surface area contributed by atoms with E-state index in [1.807, 2.05) is 6.92 Å². The predicted octanol–water partition coefficient (Wildman–Crippen LogP) is 1.58. The van der Waals surface area contributed by atoms with Crippen LogP contribution in [-0.2, 0) is 4.79 Å². The number of carbonyl (C=O) groups is 2. The molecule has 2 rings (SSSR count). The van der Waals surface area contributed by atoms with Crippen LogP contribution in [0.25, 0.3) is 0 Å². The molecule has 102 valence electrons. The standard InChI is InChI=1S/C13H16BrN3O2/c1-9(8-17-4-2-3-12(17)18)16-13(19)10-5-11(14)7-15-6-10/h5-7,9H,2-4,8H2,1H3,(H,16,19). The molecule has 2 amide bonds. The quantitative estimate of drug-likeness (QED) is 0.914. The maximum Gasteiger partial charge on any atom is 0.253 e. The topological polar surface area (TPSA) is 62.3 Å². The van der Waals surface area contributed by atoms with Gasteiger partial charge in [0.15, 0.2) is 0 Å². The normalized spacial score (nSPS) is 16.5. The third-order valence-electron chi connectivity index (χ3n) is 3.01. The third-order valence-corrected chi connectivity index (χ3v) is 3.44. The lowest BCUT2D eigenvalue weighted by molar-refractivity contribution is -0.127. The first-order chi connectivity index (χ1) is 9.06. The maximum atomic E-state index is 12.0. The Hall–Kier alpha value is -1.43. The van der Waals surface area contributed by atoms with Gasteiger partial charge >= 0.3 is 0 Å². The summed E-state index contributed by atoms with van der Waals surface area (Å²) in [5, 5.41) is 2.88. The average molecular weight is 326 g/mol. The highest BCUT2D eigenvalue weighted by molar-refractivity contribution is 9.10. The van der Waals surface area contributed by atoms with Crippen LogP contribution in [0.3, 0.4) is 0 Å². The molecule has 19 heavy (non-hydrogen) atoms. The first-order valence-electron chi connectivity index (χ1n) is 6.25. The Kier molecular flexibility index (Phi) is 4.52. The van der Waals surface area contributed by atoms with Crippen molar-refractivity contribution in [3.05, 3.63) is 28.5 Å². The van der Waals surface area contributed by atoms with Crippen LogP contribution in [0, 0.1) is 0 Å². The van der Waals surface area contributed by atoms with Gasteiger partial charge in [-0.3, -0.25) is 14.6 Å². The second-order valence-electron chi connectivity index (χ2n) is 4.71. The Balaban J connectivity index is 1.89. The molecule has 6 heteroatoms. The summed E-state index contributed by atoms with van der Waals surface area (Å²) in [6, 6.07) is 1.64. The molecule has 2 heterocycles. The fourth-order valence-electron chi connectivity index (χ4n) is 2.12. The van der Waals surface area contributed by atoms with Crippen molar-refractivity contribution in [2.75, 3.05) is 13.1 Å². The van der Waals surface area contributed by atoms with E-state index < -0.39 is 0 Å². The Morgan fingerprint density at radius 2 is 2.37 bits per heavy atom. The van der Waals surface area contributed by atoms with E-state index >= 15 is 0 Å². The summed E-state index contributed by atoms with van der Waals surface area (Å²) in [4.78, 5) is 29.2. The van der Waals surface area contributed by atoms with Gasteiger partial charge in [-0.15, -0.1) is 0 Å². The maximum absolute atomic E-state index is 12.0. The van der Waals surface area contributed by atoms with Crippen LogP contribution in [0.4, 0.5) is 0 Å². The second kappa shape index (κ2) is 6.14. The lowest BCUT2D eigenvalue weighted by Crippen LogP contribution is -2.42. The van der Waals surface area contributed by atoms with E-state index in [0.717, 1.165) is 17.4 Å².